The molecule has 0 spiro atoms. The summed E-state index contributed by atoms with van der Waals surface area (Å²) in [6, 6.07) is 0. The van der Waals surface area contributed by atoms with Gasteiger partial charge in [0.2, 0.25) is 4.52 Å². The molecule has 4 nitrogen and oxygen atoms in total. The summed E-state index contributed by atoms with van der Waals surface area (Å²) in [6.45, 7) is 3.19. The third-order valence-corrected chi connectivity index (χ3v) is 4.19. The number of hydrogen-bond donors (Lipinski definition) is 0. The van der Waals surface area contributed by atoms with Gasteiger partial charge < -0.3 is 0 Å². The van der Waals surface area contributed by atoms with E-state index < -0.39 is 20.3 Å². The molecule has 0 aromatic carbocycles. The fourth-order valence-electron chi connectivity index (χ4n) is 0.496. The number of phosphoric ester groups is 1. The summed E-state index contributed by atoms with van der Waals surface area (Å²) >= 11 is 42.5. The van der Waals surface area contributed by atoms with Crippen LogP contribution in [0, 0.1) is 0 Å². The lowest BCUT2D eigenvalue weighted by atomic mass is 10.7. The predicted octanol–water partition coefficient (Wildman–Crippen LogP) is 6.12. The molecular formula is C5H3Cl8O4P. The van der Waals surface area contributed by atoms with Gasteiger partial charge in [0.1, 0.15) is 0 Å². The minimum atomic E-state index is -4.73. The van der Waals surface area contributed by atoms with E-state index >= 15 is 0 Å². The van der Waals surface area contributed by atoms with Crippen LogP contribution < -0.4 is 0 Å². The van der Waals surface area contributed by atoms with E-state index in [2.05, 4.69) is 20.2 Å². The van der Waals surface area contributed by atoms with Crippen molar-refractivity contribution in [2.75, 3.05) is 0 Å². The summed E-state index contributed by atoms with van der Waals surface area (Å²) in [5, 5.41) is 0. The van der Waals surface area contributed by atoms with E-state index in [4.69, 9.17) is 92.8 Å². The summed E-state index contributed by atoms with van der Waals surface area (Å²) in [7, 11) is -4.73. The molecule has 108 valence electrons. The van der Waals surface area contributed by atoms with Gasteiger partial charge in [-0.05, 0) is 6.08 Å². The van der Waals surface area contributed by atoms with Gasteiger partial charge in [0, 0.05) is 0 Å². The van der Waals surface area contributed by atoms with Crippen LogP contribution in [0.15, 0.2) is 12.7 Å². The molecule has 0 rings (SSSR count). The average molecular weight is 442 g/mol. The zero-order valence-electron chi connectivity index (χ0n) is 7.89. The van der Waals surface area contributed by atoms with Crippen molar-refractivity contribution in [2.24, 2.45) is 0 Å². The van der Waals surface area contributed by atoms with Crippen LogP contribution in [0.1, 0.15) is 0 Å². The third kappa shape index (κ3) is 9.98. The highest BCUT2D eigenvalue weighted by molar-refractivity contribution is 7.49. The minimum Gasteiger partial charge on any atom is -0.245 e. The molecule has 0 unspecified atom stereocenters. The van der Waals surface area contributed by atoms with Gasteiger partial charge in [-0.15, -0.1) is 0 Å². The Morgan fingerprint density at radius 1 is 0.833 bits per heavy atom. The van der Waals surface area contributed by atoms with Gasteiger partial charge in [0.05, 0.1) is 0 Å². The lowest BCUT2D eigenvalue weighted by Crippen LogP contribution is -2.21. The van der Waals surface area contributed by atoms with E-state index in [0.717, 1.165) is 6.08 Å². The first-order valence-corrected chi connectivity index (χ1v) is 8.04. The first kappa shape index (κ1) is 20.2. The maximum atomic E-state index is 12.0. The Morgan fingerprint density at radius 3 is 1.39 bits per heavy atom. The van der Waals surface area contributed by atoms with Crippen LogP contribution in [0.5, 0.6) is 0 Å². The average Bonchev–Trinajstić information content (AvgIpc) is 1.93. The van der Waals surface area contributed by atoms with Crippen molar-refractivity contribution in [3.63, 3.8) is 0 Å². The lowest BCUT2D eigenvalue weighted by Gasteiger charge is -2.27. The van der Waals surface area contributed by atoms with Gasteiger partial charge in [0.25, 0.3) is 0 Å². The van der Waals surface area contributed by atoms with E-state index in [0.29, 0.717) is 0 Å². The monoisotopic (exact) mass is 438 g/mol. The van der Waals surface area contributed by atoms with E-state index in [-0.39, 0.29) is 0 Å². The first-order valence-electron chi connectivity index (χ1n) is 3.55. The van der Waals surface area contributed by atoms with Crippen molar-refractivity contribution < 1.29 is 18.1 Å². The molecule has 0 radical (unpaired) electrons. The van der Waals surface area contributed by atoms with Crippen LogP contribution in [-0.4, -0.2) is 12.5 Å². The minimum absolute atomic E-state index is 0.840. The van der Waals surface area contributed by atoms with Crippen LogP contribution in [0.4, 0.5) is 0 Å². The second-order valence-corrected chi connectivity index (χ2v) is 9.49. The number of hydrogen-bond acceptors (Lipinski definition) is 4. The van der Waals surface area contributed by atoms with E-state index in [1.807, 2.05) is 0 Å². The number of alkyl halides is 8. The Kier molecular flexibility index (Phi) is 7.79. The molecule has 0 saturated carbocycles. The van der Waals surface area contributed by atoms with Crippen molar-refractivity contribution in [2.45, 2.75) is 12.5 Å². The first-order chi connectivity index (χ1) is 7.68. The Hall–Kier alpha value is 2.17. The van der Waals surface area contributed by atoms with Crippen LogP contribution in [0.25, 0.3) is 0 Å². The summed E-state index contributed by atoms with van der Waals surface area (Å²) in [5.41, 5.74) is 0. The zero-order valence-corrected chi connectivity index (χ0v) is 14.8. The molecule has 0 amide bonds. The molecule has 0 heterocycles. The van der Waals surface area contributed by atoms with Gasteiger partial charge in [-0.2, -0.15) is 0 Å². The largest absolute Gasteiger partial charge is 0.484 e. The van der Waals surface area contributed by atoms with Crippen LogP contribution in [-0.2, 0) is 18.1 Å². The van der Waals surface area contributed by atoms with Crippen molar-refractivity contribution in [3.05, 3.63) is 12.7 Å². The Balaban J connectivity index is 5.17. The van der Waals surface area contributed by atoms with Crippen molar-refractivity contribution >= 4 is 101 Å². The number of halogens is 8. The molecular weight excluding hydrogens is 439 g/mol. The van der Waals surface area contributed by atoms with Crippen molar-refractivity contribution in [1.29, 1.82) is 0 Å². The second-order valence-electron chi connectivity index (χ2n) is 2.38. The SMILES string of the molecule is C=CC(Cl)(Cl)OP(=O)(OC(Cl)(Cl)Cl)OC(Cl)(Cl)Cl. The summed E-state index contributed by atoms with van der Waals surface area (Å²) in [5.74, 6) is 0. The lowest BCUT2D eigenvalue weighted by molar-refractivity contribution is 0.100. The summed E-state index contributed by atoms with van der Waals surface area (Å²) < 4.78 is 18.1. The molecule has 0 aliphatic carbocycles. The summed E-state index contributed by atoms with van der Waals surface area (Å²) in [6.07, 6.45) is 0.840. The van der Waals surface area contributed by atoms with Gasteiger partial charge in [-0.25, -0.2) is 18.1 Å². The van der Waals surface area contributed by atoms with Crippen LogP contribution >= 0.6 is 101 Å². The molecule has 0 saturated heterocycles. The predicted molar refractivity (Wildman–Crippen MR) is 76.1 cm³/mol. The van der Waals surface area contributed by atoms with Crippen LogP contribution in [0.2, 0.25) is 0 Å². The highest BCUT2D eigenvalue weighted by Crippen LogP contribution is 2.63. The van der Waals surface area contributed by atoms with E-state index in [1.54, 1.807) is 0 Å². The molecule has 18 heavy (non-hydrogen) atoms. The maximum absolute atomic E-state index is 12.0. The molecule has 0 aliphatic heterocycles. The molecule has 0 aromatic heterocycles. The highest BCUT2D eigenvalue weighted by atomic mass is 35.6. The molecule has 0 aliphatic rings. The van der Waals surface area contributed by atoms with Crippen molar-refractivity contribution in [3.8, 4) is 0 Å². The van der Waals surface area contributed by atoms with Crippen LogP contribution in [0.3, 0.4) is 0 Å². The van der Waals surface area contributed by atoms with Gasteiger partial charge >= 0.3 is 15.8 Å². The van der Waals surface area contributed by atoms with Gasteiger partial charge in [-0.1, -0.05) is 99.4 Å². The second kappa shape index (κ2) is 6.95. The molecule has 0 fully saturated rings. The molecule has 13 heteroatoms. The zero-order chi connectivity index (χ0) is 14.8. The Bertz CT molecular complexity index is 326. The smallest absolute Gasteiger partial charge is 0.245 e. The van der Waals surface area contributed by atoms with E-state index in [9.17, 15) is 4.57 Å². The van der Waals surface area contributed by atoms with Crippen molar-refractivity contribution in [1.82, 2.24) is 0 Å². The molecule has 0 N–H and O–H groups in total. The van der Waals surface area contributed by atoms with Gasteiger partial charge in [0.15, 0.2) is 0 Å². The highest BCUT2D eigenvalue weighted by Gasteiger charge is 2.47. The quantitative estimate of drug-likeness (QED) is 0.293. The molecule has 0 bridgehead atoms. The fraction of sp³-hybridized carbons (Fsp3) is 0.600. The standard InChI is InChI=1S/C5H3Cl8O4P/c1-2-3(6,7)15-18(14,16-4(8,9)10)17-5(11,12)13/h2H,1H2. The normalized spacial score (nSPS) is 14.7. The number of rotatable bonds is 5. The number of phosphoric acid groups is 1. The van der Waals surface area contributed by atoms with E-state index in [1.165, 1.54) is 0 Å². The maximum Gasteiger partial charge on any atom is 0.484 e. The molecule has 0 aromatic rings. The Morgan fingerprint density at radius 2 is 1.17 bits per heavy atom. The third-order valence-electron chi connectivity index (χ3n) is 0.902. The summed E-state index contributed by atoms with van der Waals surface area (Å²) in [4.78, 5) is 0. The molecule has 0 atom stereocenters. The van der Waals surface area contributed by atoms with Gasteiger partial charge in [-0.3, -0.25) is 0 Å². The Labute approximate surface area is 143 Å². The fourth-order valence-corrected chi connectivity index (χ4v) is 3.52. The topological polar surface area (TPSA) is 44.8 Å².